The molecule has 0 unspecified atom stereocenters. The van der Waals surface area contributed by atoms with E-state index in [2.05, 4.69) is 0 Å². The Bertz CT molecular complexity index is 370. The van der Waals surface area contributed by atoms with Crippen molar-refractivity contribution in [1.29, 1.82) is 0 Å². The molecule has 0 aromatic heterocycles. The van der Waals surface area contributed by atoms with E-state index in [4.69, 9.17) is 10.5 Å². The van der Waals surface area contributed by atoms with Gasteiger partial charge < -0.3 is 15.0 Å². The van der Waals surface area contributed by atoms with Crippen molar-refractivity contribution >= 4 is 11.7 Å². The molecule has 1 aromatic rings. The van der Waals surface area contributed by atoms with Crippen molar-refractivity contribution in [3.8, 4) is 0 Å². The minimum absolute atomic E-state index is 0.355. The van der Waals surface area contributed by atoms with Gasteiger partial charge in [0.05, 0.1) is 26.7 Å². The molecule has 0 heterocycles. The largest absolute Gasteiger partial charge is 0.456 e. The lowest BCUT2D eigenvalue weighted by atomic mass is 10.2. The lowest BCUT2D eigenvalue weighted by Crippen LogP contribution is -2.38. The molecule has 0 saturated heterocycles. The Balaban J connectivity index is 2.51. The molecule has 0 saturated carbocycles. The maximum atomic E-state index is 11.6. The van der Waals surface area contributed by atoms with Crippen LogP contribution >= 0.6 is 0 Å². The van der Waals surface area contributed by atoms with Crippen LogP contribution in [0, 0.1) is 0 Å². The van der Waals surface area contributed by atoms with Crippen LogP contribution < -0.4 is 5.73 Å². The molecule has 4 nitrogen and oxygen atoms in total. The van der Waals surface area contributed by atoms with Crippen LogP contribution in [0.25, 0.3) is 0 Å². The fourth-order valence-electron chi connectivity index (χ4n) is 1.17. The third kappa shape index (κ3) is 3.90. The predicted octanol–water partition coefficient (Wildman–Crippen LogP) is 1.13. The van der Waals surface area contributed by atoms with Gasteiger partial charge in [0, 0.05) is 5.69 Å². The van der Waals surface area contributed by atoms with Crippen LogP contribution in [0.15, 0.2) is 24.3 Å². The van der Waals surface area contributed by atoms with Crippen LogP contribution in [0.4, 0.5) is 5.69 Å². The van der Waals surface area contributed by atoms with Crippen molar-refractivity contribution in [3.05, 3.63) is 29.8 Å². The number of anilines is 1. The van der Waals surface area contributed by atoms with Gasteiger partial charge in [-0.25, -0.2) is 4.79 Å². The Kier molecular flexibility index (Phi) is 3.90. The molecule has 2 N–H and O–H groups in total. The zero-order valence-electron chi connectivity index (χ0n) is 10.1. The van der Waals surface area contributed by atoms with E-state index in [0.717, 1.165) is 11.0 Å². The Hall–Kier alpha value is -1.55. The molecule has 0 aliphatic rings. The summed E-state index contributed by atoms with van der Waals surface area (Å²) in [7, 11) is 6.14. The van der Waals surface area contributed by atoms with Gasteiger partial charge in [-0.1, -0.05) is 12.1 Å². The number of ether oxygens (including phenoxy) is 1. The van der Waals surface area contributed by atoms with Crippen molar-refractivity contribution in [1.82, 2.24) is 0 Å². The highest BCUT2D eigenvalue weighted by Gasteiger charge is 2.12. The molecular weight excluding hydrogens is 204 g/mol. The number of carbonyl (C=O) groups is 1. The smallest absolute Gasteiger partial charge is 0.340 e. The molecule has 0 fully saturated rings. The average Bonchev–Trinajstić information content (AvgIpc) is 2.16. The predicted molar refractivity (Wildman–Crippen MR) is 64.0 cm³/mol. The van der Waals surface area contributed by atoms with Gasteiger partial charge in [-0.05, 0) is 12.1 Å². The van der Waals surface area contributed by atoms with E-state index in [9.17, 15) is 4.79 Å². The molecular formula is C12H19N2O2+. The lowest BCUT2D eigenvalue weighted by molar-refractivity contribution is -0.870. The van der Waals surface area contributed by atoms with E-state index >= 15 is 0 Å². The second-order valence-electron chi connectivity index (χ2n) is 4.74. The van der Waals surface area contributed by atoms with Crippen molar-refractivity contribution in [2.45, 2.75) is 0 Å². The van der Waals surface area contributed by atoms with Gasteiger partial charge in [-0.15, -0.1) is 0 Å². The van der Waals surface area contributed by atoms with Gasteiger partial charge in [-0.3, -0.25) is 0 Å². The second kappa shape index (κ2) is 4.99. The second-order valence-corrected chi connectivity index (χ2v) is 4.74. The first kappa shape index (κ1) is 12.5. The van der Waals surface area contributed by atoms with E-state index in [1.165, 1.54) is 0 Å². The summed E-state index contributed by atoms with van der Waals surface area (Å²) < 4.78 is 5.91. The molecule has 1 rings (SSSR count). The van der Waals surface area contributed by atoms with Gasteiger partial charge >= 0.3 is 5.97 Å². The Morgan fingerprint density at radius 3 is 2.50 bits per heavy atom. The first-order chi connectivity index (χ1) is 7.40. The van der Waals surface area contributed by atoms with Crippen molar-refractivity contribution in [3.63, 3.8) is 0 Å². The Morgan fingerprint density at radius 2 is 1.94 bits per heavy atom. The SMILES string of the molecule is C[N+](C)(C)CCOC(=O)c1ccccc1N. The minimum atomic E-state index is -0.355. The minimum Gasteiger partial charge on any atom is -0.456 e. The molecule has 0 spiro atoms. The van der Waals surface area contributed by atoms with Crippen LogP contribution in [0.3, 0.4) is 0 Å². The van der Waals surface area contributed by atoms with E-state index in [-0.39, 0.29) is 5.97 Å². The third-order valence-corrected chi connectivity index (χ3v) is 2.18. The summed E-state index contributed by atoms with van der Waals surface area (Å²) in [6, 6.07) is 6.92. The number of carbonyl (C=O) groups excluding carboxylic acids is 1. The molecule has 0 atom stereocenters. The van der Waals surface area contributed by atoms with Gasteiger partial charge in [0.25, 0.3) is 0 Å². The molecule has 1 aromatic carbocycles. The van der Waals surface area contributed by atoms with E-state index in [0.29, 0.717) is 17.9 Å². The topological polar surface area (TPSA) is 52.3 Å². The summed E-state index contributed by atoms with van der Waals surface area (Å²) in [6.07, 6.45) is 0. The number of quaternary nitrogens is 1. The van der Waals surface area contributed by atoms with Gasteiger partial charge in [-0.2, -0.15) is 0 Å². The normalized spacial score (nSPS) is 11.2. The van der Waals surface area contributed by atoms with Gasteiger partial charge in [0.2, 0.25) is 0 Å². The summed E-state index contributed by atoms with van der Waals surface area (Å²) in [5, 5.41) is 0. The molecule has 0 bridgehead atoms. The number of rotatable bonds is 4. The number of hydrogen-bond acceptors (Lipinski definition) is 3. The highest BCUT2D eigenvalue weighted by molar-refractivity contribution is 5.94. The maximum Gasteiger partial charge on any atom is 0.340 e. The van der Waals surface area contributed by atoms with Crippen LogP contribution in [-0.2, 0) is 4.74 Å². The average molecular weight is 223 g/mol. The Morgan fingerprint density at radius 1 is 1.31 bits per heavy atom. The quantitative estimate of drug-likeness (QED) is 0.473. The molecule has 16 heavy (non-hydrogen) atoms. The first-order valence-electron chi connectivity index (χ1n) is 5.22. The summed E-state index contributed by atoms with van der Waals surface area (Å²) in [4.78, 5) is 11.6. The first-order valence-corrected chi connectivity index (χ1v) is 5.22. The maximum absolute atomic E-state index is 11.6. The number of para-hydroxylation sites is 1. The monoisotopic (exact) mass is 223 g/mol. The summed E-state index contributed by atoms with van der Waals surface area (Å²) in [5.74, 6) is -0.355. The number of nitrogen functional groups attached to an aromatic ring is 1. The number of benzene rings is 1. The number of nitrogens with zero attached hydrogens (tertiary/aromatic N) is 1. The van der Waals surface area contributed by atoms with Crippen molar-refractivity contribution in [2.24, 2.45) is 0 Å². The number of likely N-dealkylation sites (N-methyl/N-ethyl adjacent to an activating group) is 1. The van der Waals surface area contributed by atoms with E-state index < -0.39 is 0 Å². The molecule has 0 aliphatic heterocycles. The lowest BCUT2D eigenvalue weighted by Gasteiger charge is -2.23. The van der Waals surface area contributed by atoms with Crippen LogP contribution in [-0.4, -0.2) is 44.7 Å². The van der Waals surface area contributed by atoms with E-state index in [1.54, 1.807) is 24.3 Å². The van der Waals surface area contributed by atoms with Gasteiger partial charge in [0.15, 0.2) is 0 Å². The summed E-state index contributed by atoms with van der Waals surface area (Å²) in [5.41, 5.74) is 6.56. The van der Waals surface area contributed by atoms with Crippen LogP contribution in [0.2, 0.25) is 0 Å². The Labute approximate surface area is 96.2 Å². The molecule has 0 aliphatic carbocycles. The highest BCUT2D eigenvalue weighted by Crippen LogP contribution is 2.11. The highest BCUT2D eigenvalue weighted by atomic mass is 16.5. The fourth-order valence-corrected chi connectivity index (χ4v) is 1.17. The summed E-state index contributed by atoms with van der Waals surface area (Å²) in [6.45, 7) is 1.18. The summed E-state index contributed by atoms with van der Waals surface area (Å²) >= 11 is 0. The zero-order chi connectivity index (χ0) is 12.2. The van der Waals surface area contributed by atoms with Crippen molar-refractivity contribution < 1.29 is 14.0 Å². The molecule has 0 radical (unpaired) electrons. The van der Waals surface area contributed by atoms with Crippen molar-refractivity contribution in [2.75, 3.05) is 40.0 Å². The fraction of sp³-hybridized carbons (Fsp3) is 0.417. The molecule has 0 amide bonds. The van der Waals surface area contributed by atoms with Crippen LogP contribution in [0.5, 0.6) is 0 Å². The number of hydrogen-bond donors (Lipinski definition) is 1. The zero-order valence-corrected chi connectivity index (χ0v) is 10.1. The molecule has 88 valence electrons. The van der Waals surface area contributed by atoms with E-state index in [1.807, 2.05) is 21.1 Å². The third-order valence-electron chi connectivity index (χ3n) is 2.18. The number of nitrogens with two attached hydrogens (primary N) is 1. The number of esters is 1. The van der Waals surface area contributed by atoms with Crippen LogP contribution in [0.1, 0.15) is 10.4 Å². The molecule has 4 heteroatoms. The standard InChI is InChI=1S/C12H18N2O2/c1-14(2,3)8-9-16-12(15)10-6-4-5-7-11(10)13/h4-7H,8-9H2,1-3H3,(H-,13,15)/p+1. The van der Waals surface area contributed by atoms with Gasteiger partial charge in [0.1, 0.15) is 13.2 Å².